The van der Waals surface area contributed by atoms with Crippen molar-refractivity contribution in [3.8, 4) is 17.2 Å². The highest BCUT2D eigenvalue weighted by atomic mass is 32.2. The van der Waals surface area contributed by atoms with Crippen molar-refractivity contribution >= 4 is 44.9 Å². The Hall–Kier alpha value is -3.30. The molecule has 2 aromatic heterocycles. The van der Waals surface area contributed by atoms with Crippen molar-refractivity contribution in [3.05, 3.63) is 70.3 Å². The van der Waals surface area contributed by atoms with Crippen molar-refractivity contribution in [2.24, 2.45) is 0 Å². The zero-order chi connectivity index (χ0) is 23.1. The number of anilines is 1. The van der Waals surface area contributed by atoms with Crippen LogP contribution in [0, 0.1) is 0 Å². The van der Waals surface area contributed by atoms with E-state index in [2.05, 4.69) is 10.3 Å². The summed E-state index contributed by atoms with van der Waals surface area (Å²) in [5.41, 5.74) is 1.22. The van der Waals surface area contributed by atoms with Gasteiger partial charge in [-0.15, -0.1) is 11.3 Å². The molecule has 172 valence electrons. The van der Waals surface area contributed by atoms with Gasteiger partial charge < -0.3 is 14.8 Å². The van der Waals surface area contributed by atoms with E-state index in [1.165, 1.54) is 23.1 Å². The minimum Gasteiger partial charge on any atom is -0.448 e. The van der Waals surface area contributed by atoms with Crippen LogP contribution in [-0.2, 0) is 4.79 Å². The maximum absolute atomic E-state index is 13.2. The molecule has 1 aliphatic heterocycles. The Balaban J connectivity index is 1.20. The number of amides is 1. The highest BCUT2D eigenvalue weighted by Gasteiger charge is 2.44. The number of nitrogens with zero attached hydrogens (tertiary/aromatic N) is 2. The van der Waals surface area contributed by atoms with Gasteiger partial charge >= 0.3 is 0 Å². The Morgan fingerprint density at radius 2 is 1.88 bits per heavy atom. The molecule has 34 heavy (non-hydrogen) atoms. The number of fused-ring (bicyclic) bond motifs is 2. The predicted molar refractivity (Wildman–Crippen MR) is 133 cm³/mol. The second kappa shape index (κ2) is 8.48. The van der Waals surface area contributed by atoms with Crippen molar-refractivity contribution < 1.29 is 14.3 Å². The van der Waals surface area contributed by atoms with Crippen molar-refractivity contribution in [1.82, 2.24) is 9.55 Å². The molecule has 7 nitrogen and oxygen atoms in total. The third kappa shape index (κ3) is 3.84. The maximum Gasteiger partial charge on any atom is 0.267 e. The van der Waals surface area contributed by atoms with Gasteiger partial charge in [-0.3, -0.25) is 14.2 Å². The fraction of sp³-hybridized carbons (Fsp3) is 0.240. The third-order valence-electron chi connectivity index (χ3n) is 6.00. The van der Waals surface area contributed by atoms with E-state index in [1.54, 1.807) is 16.7 Å². The number of thioether (sulfide) groups is 1. The van der Waals surface area contributed by atoms with Crippen LogP contribution in [0.15, 0.2) is 69.9 Å². The number of hydrogen-bond donors (Lipinski definition) is 1. The second-order valence-corrected chi connectivity index (χ2v) is 10.2. The van der Waals surface area contributed by atoms with Crippen LogP contribution < -0.4 is 20.3 Å². The number of para-hydroxylation sites is 1. The predicted octanol–water partition coefficient (Wildman–Crippen LogP) is 5.22. The number of ether oxygens (including phenoxy) is 2. The van der Waals surface area contributed by atoms with E-state index in [0.29, 0.717) is 32.5 Å². The molecule has 6 rings (SSSR count). The van der Waals surface area contributed by atoms with Gasteiger partial charge in [0.05, 0.1) is 16.8 Å². The quantitative estimate of drug-likeness (QED) is 0.305. The molecule has 0 atom stereocenters. The molecule has 0 radical (unpaired) electrons. The van der Waals surface area contributed by atoms with Crippen molar-refractivity contribution in [2.45, 2.75) is 36.6 Å². The number of nitrogens with one attached hydrogen (secondary N) is 1. The minimum absolute atomic E-state index is 0.106. The summed E-state index contributed by atoms with van der Waals surface area (Å²) < 4.78 is 13.7. The first kappa shape index (κ1) is 21.2. The van der Waals surface area contributed by atoms with Crippen molar-refractivity contribution in [3.63, 3.8) is 0 Å². The van der Waals surface area contributed by atoms with Gasteiger partial charge in [0.15, 0.2) is 16.7 Å². The molecule has 0 unspecified atom stereocenters. The molecule has 2 aromatic carbocycles. The highest BCUT2D eigenvalue weighted by Crippen LogP contribution is 2.47. The zero-order valence-corrected chi connectivity index (χ0v) is 19.8. The summed E-state index contributed by atoms with van der Waals surface area (Å²) in [5, 5.41) is 5.83. The van der Waals surface area contributed by atoms with Crippen LogP contribution >= 0.6 is 23.1 Å². The number of aromatic nitrogens is 2. The molecule has 9 heteroatoms. The number of carbonyl (C=O) groups is 1. The lowest BCUT2D eigenvalue weighted by atomic mass is 10.2. The molecule has 2 aliphatic rings. The Bertz CT molecular complexity index is 1440. The monoisotopic (exact) mass is 491 g/mol. The molecule has 0 saturated heterocycles. The van der Waals surface area contributed by atoms with E-state index < -0.39 is 5.79 Å². The van der Waals surface area contributed by atoms with Gasteiger partial charge in [0.25, 0.3) is 11.3 Å². The Morgan fingerprint density at radius 3 is 2.71 bits per heavy atom. The number of carbonyl (C=O) groups excluding carboxylic acids is 1. The second-order valence-electron chi connectivity index (χ2n) is 8.33. The largest absolute Gasteiger partial charge is 0.448 e. The fourth-order valence-electron chi connectivity index (χ4n) is 4.41. The molecule has 1 fully saturated rings. The molecule has 1 saturated carbocycles. The van der Waals surface area contributed by atoms with Crippen LogP contribution in [-0.4, -0.2) is 27.0 Å². The summed E-state index contributed by atoms with van der Waals surface area (Å²) in [6, 6.07) is 16.6. The van der Waals surface area contributed by atoms with Crippen molar-refractivity contribution in [2.75, 3.05) is 11.1 Å². The van der Waals surface area contributed by atoms with Crippen LogP contribution in [0.2, 0.25) is 0 Å². The maximum atomic E-state index is 13.2. The Morgan fingerprint density at radius 1 is 1.09 bits per heavy atom. The summed E-state index contributed by atoms with van der Waals surface area (Å²) in [7, 11) is 0. The zero-order valence-electron chi connectivity index (χ0n) is 18.2. The van der Waals surface area contributed by atoms with Gasteiger partial charge in [-0.05, 0) is 48.6 Å². The van der Waals surface area contributed by atoms with Gasteiger partial charge in [0.1, 0.15) is 4.83 Å². The molecule has 3 heterocycles. The molecular weight excluding hydrogens is 470 g/mol. The van der Waals surface area contributed by atoms with E-state index in [9.17, 15) is 9.59 Å². The van der Waals surface area contributed by atoms with Crippen LogP contribution in [0.5, 0.6) is 11.5 Å². The van der Waals surface area contributed by atoms with Crippen LogP contribution in [0.4, 0.5) is 5.69 Å². The van der Waals surface area contributed by atoms with Gasteiger partial charge in [-0.2, -0.15) is 0 Å². The molecule has 1 aliphatic carbocycles. The average Bonchev–Trinajstić information content (AvgIpc) is 3.58. The van der Waals surface area contributed by atoms with Crippen LogP contribution in [0.25, 0.3) is 15.9 Å². The third-order valence-corrected chi connectivity index (χ3v) is 7.74. The summed E-state index contributed by atoms with van der Waals surface area (Å²) in [6.45, 7) is 0. The summed E-state index contributed by atoms with van der Waals surface area (Å²) in [6.07, 6.45) is 3.94. The van der Waals surface area contributed by atoms with E-state index in [4.69, 9.17) is 9.47 Å². The van der Waals surface area contributed by atoms with Gasteiger partial charge in [0, 0.05) is 24.6 Å². The first-order chi connectivity index (χ1) is 16.6. The lowest BCUT2D eigenvalue weighted by Crippen LogP contribution is -2.34. The standard InChI is InChI=1S/C25H21N3O4S2/c29-21(26-16-8-9-19-20(14-16)32-25(31-19)11-4-5-12-25)15-34-24-27-22-18(10-13-33-22)23(30)28(24)17-6-2-1-3-7-17/h1-3,6-10,13-14H,4-5,11-12,15H2,(H,26,29). The molecule has 4 aromatic rings. The van der Waals surface area contributed by atoms with Crippen LogP contribution in [0.3, 0.4) is 0 Å². The summed E-state index contributed by atoms with van der Waals surface area (Å²) in [4.78, 5) is 31.2. The normalized spacial score (nSPS) is 15.8. The Labute approximate surface area is 203 Å². The van der Waals surface area contributed by atoms with Crippen molar-refractivity contribution in [1.29, 1.82) is 0 Å². The number of rotatable bonds is 5. The smallest absolute Gasteiger partial charge is 0.267 e. The summed E-state index contributed by atoms with van der Waals surface area (Å²) >= 11 is 2.64. The lowest BCUT2D eigenvalue weighted by Gasteiger charge is -2.21. The first-order valence-electron chi connectivity index (χ1n) is 11.1. The molecule has 1 N–H and O–H groups in total. The topological polar surface area (TPSA) is 82.5 Å². The first-order valence-corrected chi connectivity index (χ1v) is 13.0. The molecule has 0 bridgehead atoms. The minimum atomic E-state index is -0.534. The SMILES string of the molecule is O=C(CSc1nc2sccc2c(=O)n1-c1ccccc1)Nc1ccc2c(c1)OC1(CCCC1)O2. The number of benzene rings is 2. The molecular formula is C25H21N3O4S2. The van der Waals surface area contributed by atoms with E-state index in [-0.39, 0.29) is 17.2 Å². The fourth-order valence-corrected chi connectivity index (χ4v) is 6.03. The Kier molecular flexibility index (Phi) is 5.30. The van der Waals surface area contributed by atoms with E-state index >= 15 is 0 Å². The van der Waals surface area contributed by atoms with Gasteiger partial charge in [0.2, 0.25) is 5.91 Å². The number of thiophene rings is 1. The van der Waals surface area contributed by atoms with Crippen LogP contribution in [0.1, 0.15) is 25.7 Å². The highest BCUT2D eigenvalue weighted by molar-refractivity contribution is 7.99. The van der Waals surface area contributed by atoms with Gasteiger partial charge in [-0.1, -0.05) is 30.0 Å². The van der Waals surface area contributed by atoms with E-state index in [0.717, 1.165) is 31.4 Å². The molecule has 1 amide bonds. The van der Waals surface area contributed by atoms with E-state index in [1.807, 2.05) is 47.8 Å². The lowest BCUT2D eigenvalue weighted by molar-refractivity contribution is -0.113. The summed E-state index contributed by atoms with van der Waals surface area (Å²) in [5.74, 6) is 0.756. The average molecular weight is 492 g/mol. The van der Waals surface area contributed by atoms with Gasteiger partial charge in [-0.25, -0.2) is 4.98 Å². The number of hydrogen-bond acceptors (Lipinski definition) is 7. The molecule has 1 spiro atoms.